The maximum atomic E-state index is 12.1. The number of carbonyl (C=O) groups excluding carboxylic acids is 1. The van der Waals surface area contributed by atoms with Gasteiger partial charge in [0.05, 0.1) is 6.10 Å². The Balaban J connectivity index is 1.79. The molecule has 1 amide bonds. The van der Waals surface area contributed by atoms with Gasteiger partial charge in [-0.1, -0.05) is 19.8 Å². The molecule has 0 aromatic carbocycles. The minimum atomic E-state index is -0.0653. The fraction of sp³-hybridized carbons (Fsp3) is 0.625. The second-order valence-electron chi connectivity index (χ2n) is 5.41. The Kier molecular flexibility index (Phi) is 6.47. The van der Waals surface area contributed by atoms with Crippen molar-refractivity contribution in [3.8, 4) is 0 Å². The number of anilines is 1. The number of pyridine rings is 1. The number of rotatable bonds is 8. The number of nitrogens with zero attached hydrogens (tertiary/aromatic N) is 1. The summed E-state index contributed by atoms with van der Waals surface area (Å²) in [5, 5.41) is 6.18. The molecule has 1 aromatic heterocycles. The van der Waals surface area contributed by atoms with E-state index in [1.807, 2.05) is 0 Å². The molecule has 2 rings (SSSR count). The van der Waals surface area contributed by atoms with Crippen LogP contribution in [0.4, 0.5) is 5.82 Å². The molecule has 1 unspecified atom stereocenters. The van der Waals surface area contributed by atoms with Gasteiger partial charge in [-0.15, -0.1) is 0 Å². The molecule has 1 aliphatic rings. The van der Waals surface area contributed by atoms with Gasteiger partial charge < -0.3 is 15.4 Å². The van der Waals surface area contributed by atoms with Crippen LogP contribution in [0.3, 0.4) is 0 Å². The normalized spacial score (nSPS) is 17.7. The summed E-state index contributed by atoms with van der Waals surface area (Å²) in [6, 6.07) is 3.54. The lowest BCUT2D eigenvalue weighted by Crippen LogP contribution is -2.31. The van der Waals surface area contributed by atoms with E-state index in [9.17, 15) is 4.79 Å². The molecule has 0 spiro atoms. The average molecular weight is 291 g/mol. The highest BCUT2D eigenvalue weighted by Crippen LogP contribution is 2.11. The van der Waals surface area contributed by atoms with Gasteiger partial charge in [0.25, 0.3) is 5.91 Å². The number of amides is 1. The van der Waals surface area contributed by atoms with Crippen molar-refractivity contribution in [2.75, 3.05) is 25.0 Å². The summed E-state index contributed by atoms with van der Waals surface area (Å²) >= 11 is 0. The first-order chi connectivity index (χ1) is 10.3. The first kappa shape index (κ1) is 15.8. The molecular weight excluding hydrogens is 266 g/mol. The standard InChI is InChI=1S/C16H25N3O2/c1-2-3-4-8-17-15-11-13(7-9-18-15)16(20)19-12-14-6-5-10-21-14/h7,9,11,14H,2-6,8,10,12H2,1H3,(H,17,18)(H,19,20). The first-order valence-electron chi connectivity index (χ1n) is 7.89. The van der Waals surface area contributed by atoms with Gasteiger partial charge in [0, 0.05) is 31.5 Å². The van der Waals surface area contributed by atoms with Crippen LogP contribution < -0.4 is 10.6 Å². The number of unbranched alkanes of at least 4 members (excludes halogenated alkanes) is 2. The molecule has 0 aliphatic carbocycles. The summed E-state index contributed by atoms with van der Waals surface area (Å²) in [4.78, 5) is 16.3. The maximum absolute atomic E-state index is 12.1. The number of hydrogen-bond acceptors (Lipinski definition) is 4. The molecular formula is C16H25N3O2. The summed E-state index contributed by atoms with van der Waals surface area (Å²) in [5.41, 5.74) is 0.640. The van der Waals surface area contributed by atoms with Crippen LogP contribution in [0.5, 0.6) is 0 Å². The molecule has 1 aliphatic heterocycles. The van der Waals surface area contributed by atoms with E-state index in [0.29, 0.717) is 12.1 Å². The van der Waals surface area contributed by atoms with E-state index < -0.39 is 0 Å². The van der Waals surface area contributed by atoms with Crippen LogP contribution in [0.15, 0.2) is 18.3 Å². The van der Waals surface area contributed by atoms with E-state index in [4.69, 9.17) is 4.74 Å². The highest BCUT2D eigenvalue weighted by molar-refractivity contribution is 5.94. The molecule has 2 N–H and O–H groups in total. The Labute approximate surface area is 126 Å². The Morgan fingerprint density at radius 3 is 3.14 bits per heavy atom. The van der Waals surface area contributed by atoms with Crippen molar-refractivity contribution in [3.05, 3.63) is 23.9 Å². The smallest absolute Gasteiger partial charge is 0.251 e. The zero-order valence-corrected chi connectivity index (χ0v) is 12.7. The van der Waals surface area contributed by atoms with Crippen molar-refractivity contribution in [2.24, 2.45) is 0 Å². The van der Waals surface area contributed by atoms with E-state index in [1.165, 1.54) is 12.8 Å². The molecule has 0 bridgehead atoms. The largest absolute Gasteiger partial charge is 0.376 e. The van der Waals surface area contributed by atoms with Crippen LogP contribution in [0.1, 0.15) is 49.4 Å². The number of carbonyl (C=O) groups is 1. The maximum Gasteiger partial charge on any atom is 0.251 e. The average Bonchev–Trinajstić information content (AvgIpc) is 3.03. The minimum Gasteiger partial charge on any atom is -0.376 e. The highest BCUT2D eigenvalue weighted by Gasteiger charge is 2.16. The number of hydrogen-bond donors (Lipinski definition) is 2. The van der Waals surface area contributed by atoms with Gasteiger partial charge in [0.2, 0.25) is 0 Å². The van der Waals surface area contributed by atoms with Crippen LogP contribution in [0, 0.1) is 0 Å². The molecule has 0 radical (unpaired) electrons. The van der Waals surface area contributed by atoms with Crippen LogP contribution >= 0.6 is 0 Å². The van der Waals surface area contributed by atoms with Crippen molar-refractivity contribution in [1.82, 2.24) is 10.3 Å². The van der Waals surface area contributed by atoms with Crippen molar-refractivity contribution < 1.29 is 9.53 Å². The van der Waals surface area contributed by atoms with E-state index in [0.717, 1.165) is 38.2 Å². The Morgan fingerprint density at radius 2 is 2.38 bits per heavy atom. The van der Waals surface area contributed by atoms with Gasteiger partial charge in [-0.3, -0.25) is 4.79 Å². The molecule has 5 nitrogen and oxygen atoms in total. The third-order valence-electron chi connectivity index (χ3n) is 3.62. The van der Waals surface area contributed by atoms with Crippen molar-refractivity contribution >= 4 is 11.7 Å². The number of aromatic nitrogens is 1. The van der Waals surface area contributed by atoms with Gasteiger partial charge in [-0.25, -0.2) is 4.98 Å². The Hall–Kier alpha value is -1.62. The lowest BCUT2D eigenvalue weighted by molar-refractivity contribution is 0.0857. The van der Waals surface area contributed by atoms with E-state index in [-0.39, 0.29) is 12.0 Å². The molecule has 5 heteroatoms. The minimum absolute atomic E-state index is 0.0653. The summed E-state index contributed by atoms with van der Waals surface area (Å²) in [6.45, 7) is 4.46. The van der Waals surface area contributed by atoms with Crippen LogP contribution in [-0.2, 0) is 4.74 Å². The first-order valence-corrected chi connectivity index (χ1v) is 7.89. The van der Waals surface area contributed by atoms with E-state index >= 15 is 0 Å². The molecule has 1 saturated heterocycles. The molecule has 1 atom stereocenters. The third-order valence-corrected chi connectivity index (χ3v) is 3.62. The SMILES string of the molecule is CCCCCNc1cc(C(=O)NCC2CCCO2)ccn1. The Bertz CT molecular complexity index is 445. The van der Waals surface area contributed by atoms with Gasteiger partial charge in [-0.05, 0) is 31.4 Å². The van der Waals surface area contributed by atoms with Gasteiger partial charge >= 0.3 is 0 Å². The molecule has 1 aromatic rings. The molecule has 2 heterocycles. The zero-order chi connectivity index (χ0) is 14.9. The van der Waals surface area contributed by atoms with Crippen LogP contribution in [0.25, 0.3) is 0 Å². The van der Waals surface area contributed by atoms with Crippen LogP contribution in [-0.4, -0.2) is 36.7 Å². The summed E-state index contributed by atoms with van der Waals surface area (Å²) in [7, 11) is 0. The summed E-state index contributed by atoms with van der Waals surface area (Å²) in [6.07, 6.45) is 7.47. The zero-order valence-electron chi connectivity index (χ0n) is 12.7. The highest BCUT2D eigenvalue weighted by atomic mass is 16.5. The third kappa shape index (κ3) is 5.34. The molecule has 1 fully saturated rings. The lowest BCUT2D eigenvalue weighted by atomic mass is 10.2. The van der Waals surface area contributed by atoms with Crippen molar-refractivity contribution in [3.63, 3.8) is 0 Å². The van der Waals surface area contributed by atoms with Gasteiger partial charge in [0.1, 0.15) is 5.82 Å². The quantitative estimate of drug-likeness (QED) is 0.723. The molecule has 116 valence electrons. The van der Waals surface area contributed by atoms with Gasteiger partial charge in [0.15, 0.2) is 0 Å². The van der Waals surface area contributed by atoms with E-state index in [2.05, 4.69) is 22.5 Å². The van der Waals surface area contributed by atoms with Gasteiger partial charge in [-0.2, -0.15) is 0 Å². The van der Waals surface area contributed by atoms with Crippen LogP contribution in [0.2, 0.25) is 0 Å². The number of ether oxygens (including phenoxy) is 1. The summed E-state index contributed by atoms with van der Waals surface area (Å²) in [5.74, 6) is 0.695. The molecule has 0 saturated carbocycles. The second-order valence-corrected chi connectivity index (χ2v) is 5.41. The van der Waals surface area contributed by atoms with Crippen molar-refractivity contribution in [2.45, 2.75) is 45.1 Å². The Morgan fingerprint density at radius 1 is 1.48 bits per heavy atom. The van der Waals surface area contributed by atoms with E-state index in [1.54, 1.807) is 18.3 Å². The summed E-state index contributed by atoms with van der Waals surface area (Å²) < 4.78 is 5.50. The topological polar surface area (TPSA) is 63.2 Å². The fourth-order valence-corrected chi connectivity index (χ4v) is 2.37. The lowest BCUT2D eigenvalue weighted by Gasteiger charge is -2.11. The monoisotopic (exact) mass is 291 g/mol. The predicted octanol–water partition coefficient (Wildman–Crippen LogP) is 2.59. The fourth-order valence-electron chi connectivity index (χ4n) is 2.37. The predicted molar refractivity (Wildman–Crippen MR) is 83.6 cm³/mol. The number of nitrogens with one attached hydrogen (secondary N) is 2. The molecule has 21 heavy (non-hydrogen) atoms. The van der Waals surface area contributed by atoms with Crippen molar-refractivity contribution in [1.29, 1.82) is 0 Å². The second kappa shape index (κ2) is 8.62.